The smallest absolute Gasteiger partial charge is 0.217 e. The lowest BCUT2D eigenvalue weighted by atomic mass is 9.94. The third kappa shape index (κ3) is 9.80. The number of ether oxygens (including phenoxy) is 6. The Balaban J connectivity index is 2.10. The van der Waals surface area contributed by atoms with Crippen molar-refractivity contribution in [2.75, 3.05) is 26.4 Å². The molecule has 3 rings (SSSR count). The second-order valence-electron chi connectivity index (χ2n) is 12.4. The van der Waals surface area contributed by atoms with Crippen LogP contribution < -0.4 is 10.6 Å². The van der Waals surface area contributed by atoms with Crippen LogP contribution in [-0.2, 0) is 38.0 Å². The van der Waals surface area contributed by atoms with Crippen LogP contribution in [0.4, 0.5) is 0 Å². The fourth-order valence-corrected chi connectivity index (χ4v) is 5.86. The highest BCUT2D eigenvalue weighted by molar-refractivity contribution is 5.73. The van der Waals surface area contributed by atoms with E-state index in [1.807, 2.05) is 0 Å². The molecule has 0 bridgehead atoms. The van der Waals surface area contributed by atoms with Crippen LogP contribution in [0.1, 0.15) is 20.8 Å². The van der Waals surface area contributed by atoms with Gasteiger partial charge in [0, 0.05) is 13.8 Å². The van der Waals surface area contributed by atoms with Crippen LogP contribution >= 0.6 is 0 Å². The van der Waals surface area contributed by atoms with E-state index in [0.29, 0.717) is 0 Å². The highest BCUT2D eigenvalue weighted by Crippen LogP contribution is 2.35. The third-order valence-electron chi connectivity index (χ3n) is 8.63. The molecule has 3 aliphatic heterocycles. The van der Waals surface area contributed by atoms with Gasteiger partial charge < -0.3 is 100 Å². The second-order valence-corrected chi connectivity index (χ2v) is 12.4. The van der Waals surface area contributed by atoms with Crippen LogP contribution in [0.15, 0.2) is 0 Å². The first-order valence-corrected chi connectivity index (χ1v) is 15.9. The van der Waals surface area contributed by atoms with Gasteiger partial charge in [-0.1, -0.05) is 0 Å². The quantitative estimate of drug-likeness (QED) is 0.0742. The van der Waals surface area contributed by atoms with E-state index in [4.69, 9.17) is 28.4 Å². The van der Waals surface area contributed by atoms with Crippen LogP contribution in [0.5, 0.6) is 0 Å². The molecule has 0 saturated carbocycles. The van der Waals surface area contributed by atoms with Crippen LogP contribution in [0.25, 0.3) is 0 Å². The molecule has 19 atom stereocenters. The molecule has 292 valence electrons. The van der Waals surface area contributed by atoms with Crippen LogP contribution in [0.3, 0.4) is 0 Å². The van der Waals surface area contributed by atoms with Crippen LogP contribution in [0.2, 0.25) is 0 Å². The molecule has 50 heavy (non-hydrogen) atoms. The van der Waals surface area contributed by atoms with E-state index >= 15 is 0 Å². The first-order valence-electron chi connectivity index (χ1n) is 15.9. The SMILES string of the molecule is CC(=O)N[C@H]1[C@@H](O[C@H]2[C@@H](O)[C@@H](CO)O[C@@H](O[C@H]([C@H](O)[C@H](CO)NC(C)=O)[C@H](O)CO)[C@@H]2O[C@@H]2O[C@@H](C)[C@@H](O)[C@@H](O)[C@@H]2O)O[C@H](CO)[C@H](O)[C@@H]1O. The molecular weight excluding hydrogens is 684 g/mol. The number of carbonyl (C=O) groups excluding carboxylic acids is 2. The van der Waals surface area contributed by atoms with Gasteiger partial charge in [-0.05, 0) is 6.92 Å². The lowest BCUT2D eigenvalue weighted by Crippen LogP contribution is -2.69. The van der Waals surface area contributed by atoms with Gasteiger partial charge in [-0.15, -0.1) is 0 Å². The molecule has 3 fully saturated rings. The Hall–Kier alpha value is -1.78. The van der Waals surface area contributed by atoms with Crippen molar-refractivity contribution < 1.29 is 99.3 Å². The Morgan fingerprint density at radius 1 is 0.680 bits per heavy atom. The maximum absolute atomic E-state index is 12.0. The number of aliphatic hydroxyl groups excluding tert-OH is 12. The number of amides is 2. The Morgan fingerprint density at radius 3 is 1.80 bits per heavy atom. The van der Waals surface area contributed by atoms with E-state index in [1.165, 1.54) is 6.92 Å². The lowest BCUT2D eigenvalue weighted by molar-refractivity contribution is -0.393. The largest absolute Gasteiger partial charge is 0.394 e. The van der Waals surface area contributed by atoms with E-state index in [2.05, 4.69) is 10.6 Å². The van der Waals surface area contributed by atoms with Crippen molar-refractivity contribution in [3.63, 3.8) is 0 Å². The van der Waals surface area contributed by atoms with Gasteiger partial charge in [0.25, 0.3) is 0 Å². The fourth-order valence-electron chi connectivity index (χ4n) is 5.86. The monoisotopic (exact) mass is 734 g/mol. The van der Waals surface area contributed by atoms with Gasteiger partial charge in [-0.3, -0.25) is 9.59 Å². The number of hydrogen-bond donors (Lipinski definition) is 14. The molecule has 0 unspecified atom stereocenters. The molecule has 2 amide bonds. The Morgan fingerprint density at radius 2 is 1.26 bits per heavy atom. The Labute approximate surface area is 285 Å². The van der Waals surface area contributed by atoms with Crippen LogP contribution in [0, 0.1) is 0 Å². The highest BCUT2D eigenvalue weighted by atomic mass is 16.8. The standard InChI is InChI=1S/C28H50N2O20/c1-8-16(38)21(43)22(44)27(45-8)50-25-24(49-26-15(30-10(3)36)20(42)18(40)13(6-33)46-26)19(41)14(7-34)47-28(25)48-23(12(37)5-32)17(39)11(4-31)29-9(2)35/h8,11-28,31-34,37-44H,4-7H2,1-3H3,(H,29,35)(H,30,36)/t8-,11-,12+,13+,14+,15+,16+,17+,18-,19-,20+,21+,22-,23-,24-,25+,26+,27-,28-/m0/s1. The van der Waals surface area contributed by atoms with E-state index in [-0.39, 0.29) is 0 Å². The number of nitrogens with one attached hydrogen (secondary N) is 2. The summed E-state index contributed by atoms with van der Waals surface area (Å²) in [5, 5.41) is 130. The fraction of sp³-hybridized carbons (Fsp3) is 0.929. The van der Waals surface area contributed by atoms with Crippen molar-refractivity contribution in [1.82, 2.24) is 10.6 Å². The van der Waals surface area contributed by atoms with Crippen molar-refractivity contribution >= 4 is 11.8 Å². The number of rotatable bonds is 15. The zero-order valence-corrected chi connectivity index (χ0v) is 27.4. The summed E-state index contributed by atoms with van der Waals surface area (Å²) in [5.74, 6) is -1.44. The number of aliphatic hydroxyl groups is 12. The summed E-state index contributed by atoms with van der Waals surface area (Å²) in [4.78, 5) is 23.7. The molecule has 0 radical (unpaired) electrons. The number of hydrogen-bond acceptors (Lipinski definition) is 20. The summed E-state index contributed by atoms with van der Waals surface area (Å²) in [7, 11) is 0. The van der Waals surface area contributed by atoms with Gasteiger partial charge in [0.05, 0.1) is 38.6 Å². The lowest BCUT2D eigenvalue weighted by Gasteiger charge is -2.50. The molecule has 0 aromatic heterocycles. The van der Waals surface area contributed by atoms with Crippen LogP contribution in [-0.4, -0.2) is 216 Å². The molecule has 0 spiro atoms. The molecule has 0 aromatic rings. The summed E-state index contributed by atoms with van der Waals surface area (Å²) in [6.07, 6.45) is -30.6. The van der Waals surface area contributed by atoms with E-state index in [9.17, 15) is 70.9 Å². The third-order valence-corrected chi connectivity index (χ3v) is 8.63. The van der Waals surface area contributed by atoms with Gasteiger partial charge in [-0.2, -0.15) is 0 Å². The van der Waals surface area contributed by atoms with Crippen molar-refractivity contribution in [3.05, 3.63) is 0 Å². The van der Waals surface area contributed by atoms with Gasteiger partial charge in [0.1, 0.15) is 85.4 Å². The van der Waals surface area contributed by atoms with Gasteiger partial charge in [0.15, 0.2) is 18.9 Å². The van der Waals surface area contributed by atoms with Crippen molar-refractivity contribution in [3.8, 4) is 0 Å². The number of carbonyl (C=O) groups is 2. The average molecular weight is 735 g/mol. The van der Waals surface area contributed by atoms with Gasteiger partial charge >= 0.3 is 0 Å². The molecular formula is C28H50N2O20. The minimum atomic E-state index is -2.01. The molecule has 3 saturated heterocycles. The Bertz CT molecular complexity index is 1080. The second kappa shape index (κ2) is 18.8. The predicted molar refractivity (Wildman–Crippen MR) is 158 cm³/mol. The van der Waals surface area contributed by atoms with E-state index in [1.54, 1.807) is 0 Å². The van der Waals surface area contributed by atoms with E-state index in [0.717, 1.165) is 13.8 Å². The Kier molecular flexibility index (Phi) is 16.0. The predicted octanol–water partition coefficient (Wildman–Crippen LogP) is -8.80. The maximum Gasteiger partial charge on any atom is 0.217 e. The molecule has 3 heterocycles. The van der Waals surface area contributed by atoms with Crippen molar-refractivity contribution in [1.29, 1.82) is 0 Å². The molecule has 14 N–H and O–H groups in total. The molecule has 0 aromatic carbocycles. The average Bonchev–Trinajstić information content (AvgIpc) is 3.08. The van der Waals surface area contributed by atoms with Crippen molar-refractivity contribution in [2.24, 2.45) is 0 Å². The summed E-state index contributed by atoms with van der Waals surface area (Å²) in [6, 6.07) is -3.07. The first-order chi connectivity index (χ1) is 23.5. The summed E-state index contributed by atoms with van der Waals surface area (Å²) in [6.45, 7) is -0.312. The summed E-state index contributed by atoms with van der Waals surface area (Å²) >= 11 is 0. The van der Waals surface area contributed by atoms with Gasteiger partial charge in [0.2, 0.25) is 11.8 Å². The zero-order chi connectivity index (χ0) is 37.6. The zero-order valence-electron chi connectivity index (χ0n) is 27.4. The minimum absolute atomic E-state index is 0.708. The molecule has 3 aliphatic rings. The summed E-state index contributed by atoms with van der Waals surface area (Å²) in [5.41, 5.74) is 0. The minimum Gasteiger partial charge on any atom is -0.394 e. The van der Waals surface area contributed by atoms with Gasteiger partial charge in [-0.25, -0.2) is 0 Å². The normalized spacial score (nSPS) is 41.9. The molecule has 22 heteroatoms. The molecule has 0 aliphatic carbocycles. The summed E-state index contributed by atoms with van der Waals surface area (Å²) < 4.78 is 34.6. The topological polar surface area (TPSA) is 356 Å². The molecule has 22 nitrogen and oxygen atoms in total. The van der Waals surface area contributed by atoms with E-state index < -0.39 is 155 Å². The van der Waals surface area contributed by atoms with Crippen molar-refractivity contribution in [2.45, 2.75) is 137 Å². The highest BCUT2D eigenvalue weighted by Gasteiger charge is 2.55. The maximum atomic E-state index is 12.0. The first kappa shape index (κ1) is 42.6.